The van der Waals surface area contributed by atoms with Gasteiger partial charge in [-0.05, 0) is 6.42 Å². The summed E-state index contributed by atoms with van der Waals surface area (Å²) in [6, 6.07) is 0. The van der Waals surface area contributed by atoms with E-state index in [4.69, 9.17) is 0 Å². The zero-order valence-electron chi connectivity index (χ0n) is 19.2. The van der Waals surface area contributed by atoms with Gasteiger partial charge < -0.3 is 9.47 Å². The van der Waals surface area contributed by atoms with E-state index in [9.17, 15) is 9.59 Å². The number of hydrogen-bond donors (Lipinski definition) is 0. The number of carbonyl (C=O) groups is 2. The van der Waals surface area contributed by atoms with Crippen LogP contribution in [-0.2, 0) is 19.1 Å². The van der Waals surface area contributed by atoms with Gasteiger partial charge in [0.1, 0.15) is 0 Å². The Balaban J connectivity index is 0. The van der Waals surface area contributed by atoms with E-state index in [1.54, 1.807) is 6.92 Å². The summed E-state index contributed by atoms with van der Waals surface area (Å²) in [5, 5.41) is 0. The normalized spacial score (nSPS) is 9.86. The van der Waals surface area contributed by atoms with Crippen molar-refractivity contribution in [3.05, 3.63) is 25.7 Å². The lowest BCUT2D eigenvalue weighted by atomic mass is 10.0. The molecule has 0 aromatic heterocycles. The molecule has 4 nitrogen and oxygen atoms in total. The topological polar surface area (TPSA) is 52.6 Å². The predicted molar refractivity (Wildman–Crippen MR) is 122 cm³/mol. The average molecular weight is 411 g/mol. The van der Waals surface area contributed by atoms with Gasteiger partial charge in [-0.25, -0.2) is 0 Å². The van der Waals surface area contributed by atoms with E-state index < -0.39 is 0 Å². The molecule has 0 saturated carbocycles. The molecule has 0 amide bonds. The second kappa shape index (κ2) is 26.4. The predicted octanol–water partition coefficient (Wildman–Crippen LogP) is 8.02. The SMILES string of the molecule is C=COC(=O)CC.C=COC(=O)CCCCCCCCCCCCCCCCC. The summed E-state index contributed by atoms with van der Waals surface area (Å²) in [6.07, 6.45) is 23.4. The van der Waals surface area contributed by atoms with Crippen LogP contribution in [0.25, 0.3) is 0 Å². The van der Waals surface area contributed by atoms with E-state index >= 15 is 0 Å². The molecule has 170 valence electrons. The summed E-state index contributed by atoms with van der Waals surface area (Å²) in [5.74, 6) is -0.389. The molecule has 4 heteroatoms. The van der Waals surface area contributed by atoms with Crippen molar-refractivity contribution < 1.29 is 19.1 Å². The Hall–Kier alpha value is -1.58. The minimum absolute atomic E-state index is 0.148. The molecule has 0 fully saturated rings. The third-order valence-electron chi connectivity index (χ3n) is 4.70. The van der Waals surface area contributed by atoms with Gasteiger partial charge in [0.05, 0.1) is 12.5 Å². The van der Waals surface area contributed by atoms with E-state index in [0.29, 0.717) is 12.8 Å². The van der Waals surface area contributed by atoms with Gasteiger partial charge in [0.25, 0.3) is 0 Å². The van der Waals surface area contributed by atoms with Gasteiger partial charge in [-0.3, -0.25) is 9.59 Å². The molecule has 0 aliphatic carbocycles. The van der Waals surface area contributed by atoms with Crippen molar-refractivity contribution in [3.8, 4) is 0 Å². The van der Waals surface area contributed by atoms with Crippen LogP contribution in [0.4, 0.5) is 0 Å². The first-order valence-corrected chi connectivity index (χ1v) is 11.7. The molecule has 0 unspecified atom stereocenters. The molecule has 0 rings (SSSR count). The van der Waals surface area contributed by atoms with Gasteiger partial charge in [0.2, 0.25) is 0 Å². The van der Waals surface area contributed by atoms with Gasteiger partial charge in [-0.2, -0.15) is 0 Å². The highest BCUT2D eigenvalue weighted by molar-refractivity contribution is 5.69. The molecule has 0 aromatic rings. The van der Waals surface area contributed by atoms with Gasteiger partial charge in [-0.1, -0.05) is 117 Å². The summed E-state index contributed by atoms with van der Waals surface area (Å²) in [5.41, 5.74) is 0. The molecule has 0 bridgehead atoms. The lowest BCUT2D eigenvalue weighted by molar-refractivity contribution is -0.138. The van der Waals surface area contributed by atoms with Crippen LogP contribution < -0.4 is 0 Å². The Morgan fingerprint density at radius 3 is 1.24 bits per heavy atom. The van der Waals surface area contributed by atoms with E-state index in [1.165, 1.54) is 89.7 Å². The molecule has 0 N–H and O–H groups in total. The van der Waals surface area contributed by atoms with Crippen LogP contribution in [0, 0.1) is 0 Å². The van der Waals surface area contributed by atoms with Gasteiger partial charge in [0, 0.05) is 12.8 Å². The Morgan fingerprint density at radius 2 is 0.931 bits per heavy atom. The summed E-state index contributed by atoms with van der Waals surface area (Å²) < 4.78 is 9.00. The van der Waals surface area contributed by atoms with Crippen molar-refractivity contribution in [1.29, 1.82) is 0 Å². The molecule has 29 heavy (non-hydrogen) atoms. The van der Waals surface area contributed by atoms with Crippen molar-refractivity contribution in [3.63, 3.8) is 0 Å². The molecule has 0 radical (unpaired) electrons. The van der Waals surface area contributed by atoms with Crippen LogP contribution >= 0.6 is 0 Å². The van der Waals surface area contributed by atoms with E-state index in [2.05, 4.69) is 29.6 Å². The number of ether oxygens (including phenoxy) is 2. The monoisotopic (exact) mass is 410 g/mol. The van der Waals surface area contributed by atoms with Crippen molar-refractivity contribution in [2.45, 2.75) is 123 Å². The number of carbonyl (C=O) groups excluding carboxylic acids is 2. The molecule has 0 spiro atoms. The zero-order valence-corrected chi connectivity index (χ0v) is 19.2. The van der Waals surface area contributed by atoms with Crippen LogP contribution in [0.1, 0.15) is 123 Å². The number of hydrogen-bond acceptors (Lipinski definition) is 4. The lowest BCUT2D eigenvalue weighted by Crippen LogP contribution is -1.98. The first-order chi connectivity index (χ1) is 14.1. The fraction of sp³-hybridized carbons (Fsp3) is 0.760. The number of esters is 2. The molecule has 0 atom stereocenters. The minimum Gasteiger partial charge on any atom is -0.435 e. The Morgan fingerprint density at radius 1 is 0.586 bits per heavy atom. The zero-order chi connectivity index (χ0) is 22.0. The molecular formula is C25H46O4. The maximum absolute atomic E-state index is 11.1. The molecule has 0 heterocycles. The smallest absolute Gasteiger partial charge is 0.310 e. The quantitative estimate of drug-likeness (QED) is 0.123. The summed E-state index contributed by atoms with van der Waals surface area (Å²) >= 11 is 0. The van der Waals surface area contributed by atoms with Crippen molar-refractivity contribution in [2.24, 2.45) is 0 Å². The number of unbranched alkanes of at least 4 members (excludes halogenated alkanes) is 14. The van der Waals surface area contributed by atoms with Crippen molar-refractivity contribution in [1.82, 2.24) is 0 Å². The standard InChI is InChI=1S/C20H38O2.C5H8O2/c1-3-5-6-7-8-9-10-11-12-13-14-15-16-17-18-19-20(21)22-4-2;1-3-5(6)7-4-2/h4H,2-3,5-19H2,1H3;4H,2-3H2,1H3. The number of rotatable bonds is 19. The lowest BCUT2D eigenvalue weighted by Gasteiger charge is -2.03. The maximum Gasteiger partial charge on any atom is 0.310 e. The first kappa shape index (κ1) is 29.6. The van der Waals surface area contributed by atoms with Gasteiger partial charge in [0.15, 0.2) is 0 Å². The Bertz CT molecular complexity index is 390. The van der Waals surface area contributed by atoms with Gasteiger partial charge in [-0.15, -0.1) is 0 Å². The summed E-state index contributed by atoms with van der Waals surface area (Å²) in [6.45, 7) is 10.6. The van der Waals surface area contributed by atoms with E-state index in [-0.39, 0.29) is 11.9 Å². The summed E-state index contributed by atoms with van der Waals surface area (Å²) in [7, 11) is 0. The third-order valence-corrected chi connectivity index (χ3v) is 4.70. The highest BCUT2D eigenvalue weighted by atomic mass is 16.5. The fourth-order valence-electron chi connectivity index (χ4n) is 2.97. The second-order valence-electron chi connectivity index (χ2n) is 7.37. The average Bonchev–Trinajstić information content (AvgIpc) is 2.71. The first-order valence-electron chi connectivity index (χ1n) is 11.7. The second-order valence-corrected chi connectivity index (χ2v) is 7.37. The molecule has 0 aliphatic rings. The fourth-order valence-corrected chi connectivity index (χ4v) is 2.97. The highest BCUT2D eigenvalue weighted by Crippen LogP contribution is 2.13. The minimum atomic E-state index is -0.241. The molecule has 0 aromatic carbocycles. The highest BCUT2D eigenvalue weighted by Gasteiger charge is 2.00. The van der Waals surface area contributed by atoms with Crippen LogP contribution in [-0.4, -0.2) is 11.9 Å². The Labute approximate surface area is 180 Å². The summed E-state index contributed by atoms with van der Waals surface area (Å²) in [4.78, 5) is 21.2. The van der Waals surface area contributed by atoms with E-state index in [0.717, 1.165) is 19.1 Å². The van der Waals surface area contributed by atoms with Crippen LogP contribution in [0.3, 0.4) is 0 Å². The van der Waals surface area contributed by atoms with Crippen molar-refractivity contribution in [2.75, 3.05) is 0 Å². The maximum atomic E-state index is 11.1. The molecular weight excluding hydrogens is 364 g/mol. The van der Waals surface area contributed by atoms with E-state index in [1.807, 2.05) is 0 Å². The Kier molecular flexibility index (Phi) is 27.0. The van der Waals surface area contributed by atoms with Crippen LogP contribution in [0.15, 0.2) is 25.7 Å². The van der Waals surface area contributed by atoms with Crippen LogP contribution in [0.2, 0.25) is 0 Å². The van der Waals surface area contributed by atoms with Gasteiger partial charge >= 0.3 is 11.9 Å². The molecule has 0 saturated heterocycles. The molecule has 0 aliphatic heterocycles. The third kappa shape index (κ3) is 28.7. The van der Waals surface area contributed by atoms with Crippen molar-refractivity contribution >= 4 is 11.9 Å². The van der Waals surface area contributed by atoms with Crippen LogP contribution in [0.5, 0.6) is 0 Å². The largest absolute Gasteiger partial charge is 0.435 e.